The van der Waals surface area contributed by atoms with Gasteiger partial charge in [0, 0.05) is 6.54 Å². The highest BCUT2D eigenvalue weighted by Crippen LogP contribution is 2.61. The molecular formula is C30H37NO5. The number of aromatic carboxylic acids is 1. The number of hydrogen-bond donors (Lipinski definition) is 3. The molecule has 3 bridgehead atoms. The van der Waals surface area contributed by atoms with E-state index in [1.807, 2.05) is 24.3 Å². The van der Waals surface area contributed by atoms with E-state index in [1.165, 1.54) is 57.1 Å². The molecule has 0 heterocycles. The summed E-state index contributed by atoms with van der Waals surface area (Å²) in [6.07, 6.45) is 10.8. The topological polar surface area (TPSA) is 95.9 Å². The van der Waals surface area contributed by atoms with E-state index in [0.717, 1.165) is 29.7 Å². The lowest BCUT2D eigenvalue weighted by Crippen LogP contribution is -2.37. The van der Waals surface area contributed by atoms with Crippen LogP contribution in [-0.2, 0) is 11.2 Å². The molecule has 0 saturated heterocycles. The Balaban J connectivity index is 1.04. The molecule has 3 fully saturated rings. The van der Waals surface area contributed by atoms with Gasteiger partial charge in [-0.2, -0.15) is 0 Å². The van der Waals surface area contributed by atoms with Crippen LogP contribution in [0.15, 0.2) is 48.5 Å². The molecule has 6 nitrogen and oxygen atoms in total. The minimum absolute atomic E-state index is 0.216. The minimum atomic E-state index is -0.969. The number of aliphatic hydroxyl groups excluding tert-OH is 1. The van der Waals surface area contributed by atoms with Gasteiger partial charge in [-0.3, -0.25) is 4.79 Å². The van der Waals surface area contributed by atoms with Crippen molar-refractivity contribution in [2.45, 2.75) is 70.3 Å². The maximum absolute atomic E-state index is 12.5. The Labute approximate surface area is 213 Å². The van der Waals surface area contributed by atoms with Crippen molar-refractivity contribution >= 4 is 11.9 Å². The van der Waals surface area contributed by atoms with Crippen molar-refractivity contribution in [3.05, 3.63) is 59.7 Å². The largest absolute Gasteiger partial charge is 0.478 e. The first-order valence-corrected chi connectivity index (χ1v) is 13.5. The predicted octanol–water partition coefficient (Wildman–Crippen LogP) is 5.58. The maximum atomic E-state index is 12.5. The molecule has 5 unspecified atom stereocenters. The Bertz CT molecular complexity index is 1060. The second-order valence-electron chi connectivity index (χ2n) is 11.3. The molecule has 6 heteroatoms. The van der Waals surface area contributed by atoms with Crippen LogP contribution in [-0.4, -0.2) is 34.7 Å². The quantitative estimate of drug-likeness (QED) is 0.403. The molecule has 2 aromatic rings. The van der Waals surface area contributed by atoms with Gasteiger partial charge in [-0.1, -0.05) is 31.4 Å². The van der Waals surface area contributed by atoms with Crippen LogP contribution in [0.3, 0.4) is 0 Å². The zero-order valence-electron chi connectivity index (χ0n) is 20.8. The number of carboxylic acid groups (broad SMARTS) is 1. The number of benzene rings is 2. The molecule has 5 atom stereocenters. The molecule has 3 aliphatic carbocycles. The van der Waals surface area contributed by atoms with Gasteiger partial charge in [0.2, 0.25) is 5.91 Å². The summed E-state index contributed by atoms with van der Waals surface area (Å²) in [5.41, 5.74) is 1.65. The third-order valence-corrected chi connectivity index (χ3v) is 8.83. The molecule has 5 rings (SSSR count). The number of amides is 1. The molecule has 1 amide bonds. The van der Waals surface area contributed by atoms with Crippen LogP contribution in [0, 0.1) is 23.2 Å². The van der Waals surface area contributed by atoms with E-state index >= 15 is 0 Å². The highest BCUT2D eigenvalue weighted by atomic mass is 16.5. The summed E-state index contributed by atoms with van der Waals surface area (Å²) in [6.45, 7) is 0.476. The zero-order chi connectivity index (χ0) is 25.1. The molecule has 192 valence electrons. The molecule has 3 aliphatic rings. The predicted molar refractivity (Wildman–Crippen MR) is 137 cm³/mol. The lowest BCUT2D eigenvalue weighted by atomic mass is 9.67. The average Bonchev–Trinajstić information content (AvgIpc) is 3.03. The number of carbonyl (C=O) groups is 2. The van der Waals surface area contributed by atoms with Crippen molar-refractivity contribution < 1.29 is 24.5 Å². The molecule has 0 aromatic heterocycles. The van der Waals surface area contributed by atoms with Crippen LogP contribution >= 0.6 is 0 Å². The molecule has 2 aromatic carbocycles. The van der Waals surface area contributed by atoms with Crippen molar-refractivity contribution in [3.8, 4) is 11.5 Å². The summed E-state index contributed by atoms with van der Waals surface area (Å²) < 4.78 is 5.77. The first-order chi connectivity index (χ1) is 17.4. The number of aliphatic hydroxyl groups is 1. The van der Waals surface area contributed by atoms with Crippen LogP contribution in [0.25, 0.3) is 0 Å². The van der Waals surface area contributed by atoms with E-state index in [2.05, 4.69) is 5.32 Å². The summed E-state index contributed by atoms with van der Waals surface area (Å²) in [4.78, 5) is 23.5. The molecule has 3 N–H and O–H groups in total. The first kappa shape index (κ1) is 24.8. The van der Waals surface area contributed by atoms with Gasteiger partial charge in [-0.15, -0.1) is 0 Å². The van der Waals surface area contributed by atoms with Crippen LogP contribution in [0.1, 0.15) is 73.7 Å². The van der Waals surface area contributed by atoms with Crippen LogP contribution in [0.5, 0.6) is 11.5 Å². The Morgan fingerprint density at radius 2 is 1.67 bits per heavy atom. The lowest BCUT2D eigenvalue weighted by molar-refractivity contribution is -0.130. The molecule has 0 aliphatic heterocycles. The smallest absolute Gasteiger partial charge is 0.335 e. The van der Waals surface area contributed by atoms with E-state index in [4.69, 9.17) is 9.84 Å². The van der Waals surface area contributed by atoms with Crippen molar-refractivity contribution in [2.24, 2.45) is 23.2 Å². The number of fused-ring (bicyclic) bond motifs is 2. The van der Waals surface area contributed by atoms with Crippen LogP contribution in [0.2, 0.25) is 0 Å². The van der Waals surface area contributed by atoms with Gasteiger partial charge in [-0.05, 0) is 110 Å². The number of carboxylic acids is 1. The van der Waals surface area contributed by atoms with E-state index in [1.54, 1.807) is 12.1 Å². The van der Waals surface area contributed by atoms with Gasteiger partial charge in [-0.25, -0.2) is 4.79 Å². The SMILES string of the molecule is O=C(O)c1ccc(Oc2ccc(CCNC(=O)C(O)CCC34CC5CCCC(C3)C(C5)C4)cc2)cc1. The summed E-state index contributed by atoms with van der Waals surface area (Å²) >= 11 is 0. The zero-order valence-corrected chi connectivity index (χ0v) is 20.8. The molecule has 0 radical (unpaired) electrons. The van der Waals surface area contributed by atoms with Gasteiger partial charge in [0.25, 0.3) is 0 Å². The second kappa shape index (κ2) is 10.6. The second-order valence-corrected chi connectivity index (χ2v) is 11.3. The molecular weight excluding hydrogens is 454 g/mol. The lowest BCUT2D eigenvalue weighted by Gasteiger charge is -2.38. The summed E-state index contributed by atoms with van der Waals surface area (Å²) in [6, 6.07) is 13.9. The van der Waals surface area contributed by atoms with Crippen molar-refractivity contribution in [3.63, 3.8) is 0 Å². The molecule has 3 saturated carbocycles. The molecule has 0 spiro atoms. The van der Waals surface area contributed by atoms with Crippen molar-refractivity contribution in [1.29, 1.82) is 0 Å². The summed E-state index contributed by atoms with van der Waals surface area (Å²) in [5, 5.41) is 22.4. The minimum Gasteiger partial charge on any atom is -0.478 e. The molecule has 36 heavy (non-hydrogen) atoms. The number of ether oxygens (including phenoxy) is 1. The number of rotatable bonds is 10. The van der Waals surface area contributed by atoms with Gasteiger partial charge < -0.3 is 20.3 Å². The number of carbonyl (C=O) groups excluding carboxylic acids is 1. The van der Waals surface area contributed by atoms with E-state index in [0.29, 0.717) is 36.3 Å². The highest BCUT2D eigenvalue weighted by molar-refractivity contribution is 5.87. The fourth-order valence-corrected chi connectivity index (χ4v) is 7.18. The van der Waals surface area contributed by atoms with Crippen molar-refractivity contribution in [2.75, 3.05) is 6.54 Å². The standard InChI is InChI=1S/C30H37NO5/c32-27(12-14-30-17-21-2-1-3-23(18-30)24(16-21)19-30)28(33)31-15-13-20-4-8-25(9-5-20)36-26-10-6-22(7-11-26)29(34)35/h4-11,21,23-24,27,32H,1-3,12-19H2,(H,31,33)(H,34,35). The number of hydrogen-bond acceptors (Lipinski definition) is 4. The maximum Gasteiger partial charge on any atom is 0.335 e. The third kappa shape index (κ3) is 5.75. The van der Waals surface area contributed by atoms with Gasteiger partial charge >= 0.3 is 5.97 Å². The van der Waals surface area contributed by atoms with Gasteiger partial charge in [0.05, 0.1) is 5.56 Å². The fourth-order valence-electron chi connectivity index (χ4n) is 7.18. The van der Waals surface area contributed by atoms with E-state index in [-0.39, 0.29) is 11.5 Å². The Hall–Kier alpha value is -2.86. The normalized spacial score (nSPS) is 27.3. The third-order valence-electron chi connectivity index (χ3n) is 8.83. The average molecular weight is 492 g/mol. The monoisotopic (exact) mass is 491 g/mol. The van der Waals surface area contributed by atoms with Gasteiger partial charge in [0.15, 0.2) is 0 Å². The summed E-state index contributed by atoms with van der Waals surface area (Å²) in [7, 11) is 0. The van der Waals surface area contributed by atoms with E-state index < -0.39 is 12.1 Å². The Kier molecular flexibility index (Phi) is 7.33. The Morgan fingerprint density at radius 1 is 0.972 bits per heavy atom. The summed E-state index contributed by atoms with van der Waals surface area (Å²) in [5.74, 6) is 2.64. The van der Waals surface area contributed by atoms with Gasteiger partial charge in [0.1, 0.15) is 17.6 Å². The Morgan fingerprint density at radius 3 is 2.39 bits per heavy atom. The number of nitrogens with one attached hydrogen (secondary N) is 1. The van der Waals surface area contributed by atoms with Crippen LogP contribution in [0.4, 0.5) is 0 Å². The van der Waals surface area contributed by atoms with Crippen LogP contribution < -0.4 is 10.1 Å². The van der Waals surface area contributed by atoms with E-state index in [9.17, 15) is 14.7 Å². The highest BCUT2D eigenvalue weighted by Gasteiger charge is 2.51. The first-order valence-electron chi connectivity index (χ1n) is 13.5. The van der Waals surface area contributed by atoms with Crippen molar-refractivity contribution in [1.82, 2.24) is 5.32 Å². The fraction of sp³-hybridized carbons (Fsp3) is 0.533.